The molecular weight excluding hydrogens is 554 g/mol. The minimum absolute atomic E-state index is 0.0939. The summed E-state index contributed by atoms with van der Waals surface area (Å²) in [4.78, 5) is 39.7. The van der Waals surface area contributed by atoms with E-state index in [9.17, 15) is 9.59 Å². The molecule has 0 bridgehead atoms. The number of carbonyl (C=O) groups is 2. The van der Waals surface area contributed by atoms with E-state index in [-0.39, 0.29) is 11.6 Å². The number of hydrogen-bond donors (Lipinski definition) is 0. The van der Waals surface area contributed by atoms with E-state index in [0.717, 1.165) is 44.5 Å². The highest BCUT2D eigenvalue weighted by Crippen LogP contribution is 2.33. The summed E-state index contributed by atoms with van der Waals surface area (Å²) in [5.41, 5.74) is 9.11. The molecule has 1 heterocycles. The highest BCUT2D eigenvalue weighted by Gasteiger charge is 2.18. The maximum absolute atomic E-state index is 12.6. The van der Waals surface area contributed by atoms with Crippen molar-refractivity contribution in [3.05, 3.63) is 149 Å². The molecule has 6 aromatic rings. The summed E-state index contributed by atoms with van der Waals surface area (Å²) in [6.07, 6.45) is 1.31. The van der Waals surface area contributed by atoms with Gasteiger partial charge >= 0.3 is 0 Å². The molecule has 220 valence electrons. The van der Waals surface area contributed by atoms with Crippen molar-refractivity contribution in [1.29, 1.82) is 0 Å². The van der Waals surface area contributed by atoms with Gasteiger partial charge in [-0.2, -0.15) is 0 Å². The lowest BCUT2D eigenvalue weighted by molar-refractivity contribution is 0.0980. The molecule has 5 heteroatoms. The third kappa shape index (κ3) is 6.38. The van der Waals surface area contributed by atoms with Crippen molar-refractivity contribution in [2.45, 2.75) is 33.6 Å². The van der Waals surface area contributed by atoms with E-state index in [0.29, 0.717) is 41.4 Å². The highest BCUT2D eigenvalue weighted by molar-refractivity contribution is 6.08. The first-order chi connectivity index (χ1) is 21.9. The zero-order valence-electron chi connectivity index (χ0n) is 25.6. The van der Waals surface area contributed by atoms with Crippen molar-refractivity contribution in [3.8, 4) is 45.3 Å². The third-order valence-electron chi connectivity index (χ3n) is 8.05. The van der Waals surface area contributed by atoms with E-state index in [2.05, 4.69) is 37.3 Å². The number of rotatable bonds is 9. The summed E-state index contributed by atoms with van der Waals surface area (Å²) in [6.45, 7) is 5.15. The number of benzene rings is 5. The molecule has 0 saturated carbocycles. The number of Topliss-reactive ketones (excluding diaryl/α,β-unsaturated/α-hetero) is 2. The Bertz CT molecular complexity index is 1960. The molecule has 0 amide bonds. The average Bonchev–Trinajstić information content (AvgIpc) is 3.08. The zero-order valence-corrected chi connectivity index (χ0v) is 25.6. The van der Waals surface area contributed by atoms with Gasteiger partial charge in [-0.3, -0.25) is 9.59 Å². The van der Waals surface area contributed by atoms with Crippen LogP contribution < -0.4 is 0 Å². The van der Waals surface area contributed by atoms with Crippen LogP contribution in [0.3, 0.4) is 0 Å². The average molecular weight is 588 g/mol. The Hall–Kier alpha value is -5.55. The standard InChI is InChI=1S/C40H33N3O2/c1-26-13-10-11-19-34(26)36-25-33(24-22-29(36)21-23-30-18-12-20-35(27(2)44)37(30)28(3)45)40-42-38(31-14-6-4-7-15-31)41-39(43-40)32-16-8-5-9-17-32/h4-20,22,24-25H,21,23H2,1-3H3. The first-order valence-corrected chi connectivity index (χ1v) is 15.1. The van der Waals surface area contributed by atoms with Crippen molar-refractivity contribution in [3.63, 3.8) is 0 Å². The van der Waals surface area contributed by atoms with Gasteiger partial charge in [0.1, 0.15) is 0 Å². The summed E-state index contributed by atoms with van der Waals surface area (Å²) < 4.78 is 0. The van der Waals surface area contributed by atoms with Gasteiger partial charge in [-0.25, -0.2) is 15.0 Å². The molecular formula is C40H33N3O2. The topological polar surface area (TPSA) is 72.8 Å². The van der Waals surface area contributed by atoms with E-state index < -0.39 is 0 Å². The lowest BCUT2D eigenvalue weighted by atomic mass is 9.88. The van der Waals surface area contributed by atoms with Crippen LogP contribution in [0.5, 0.6) is 0 Å². The second kappa shape index (κ2) is 13.0. The summed E-state index contributed by atoms with van der Waals surface area (Å²) in [7, 11) is 0. The van der Waals surface area contributed by atoms with Gasteiger partial charge in [0.15, 0.2) is 29.0 Å². The first-order valence-electron chi connectivity index (χ1n) is 15.1. The van der Waals surface area contributed by atoms with Gasteiger partial charge in [0, 0.05) is 27.8 Å². The Kier molecular flexibility index (Phi) is 8.52. The highest BCUT2D eigenvalue weighted by atomic mass is 16.1. The predicted molar refractivity (Wildman–Crippen MR) is 180 cm³/mol. The number of ketones is 2. The third-order valence-corrected chi connectivity index (χ3v) is 8.05. The number of carbonyl (C=O) groups excluding carboxylic acids is 2. The van der Waals surface area contributed by atoms with Gasteiger partial charge in [0.05, 0.1) is 0 Å². The normalized spacial score (nSPS) is 10.9. The molecule has 5 aromatic carbocycles. The largest absolute Gasteiger partial charge is 0.294 e. The maximum atomic E-state index is 12.6. The molecule has 0 unspecified atom stereocenters. The van der Waals surface area contributed by atoms with Gasteiger partial charge in [0.25, 0.3) is 0 Å². The van der Waals surface area contributed by atoms with Gasteiger partial charge in [0.2, 0.25) is 0 Å². The van der Waals surface area contributed by atoms with Gasteiger partial charge in [-0.1, -0.05) is 115 Å². The minimum atomic E-state index is -0.103. The zero-order chi connectivity index (χ0) is 31.3. The van der Waals surface area contributed by atoms with E-state index in [1.165, 1.54) is 13.8 Å². The van der Waals surface area contributed by atoms with E-state index in [1.807, 2.05) is 84.9 Å². The molecule has 0 N–H and O–H groups in total. The fourth-order valence-electron chi connectivity index (χ4n) is 5.78. The van der Waals surface area contributed by atoms with Gasteiger partial charge in [-0.15, -0.1) is 0 Å². The SMILES string of the molecule is CC(=O)c1cccc(CCc2ccc(-c3nc(-c4ccccc4)nc(-c4ccccc4)n3)cc2-c2ccccc2C)c1C(C)=O. The molecule has 0 radical (unpaired) electrons. The van der Waals surface area contributed by atoms with Crippen LogP contribution in [-0.4, -0.2) is 26.5 Å². The number of hydrogen-bond acceptors (Lipinski definition) is 5. The van der Waals surface area contributed by atoms with Crippen molar-refractivity contribution < 1.29 is 9.59 Å². The summed E-state index contributed by atoms with van der Waals surface area (Å²) >= 11 is 0. The number of nitrogens with zero attached hydrogens (tertiary/aromatic N) is 3. The van der Waals surface area contributed by atoms with Crippen molar-refractivity contribution in [1.82, 2.24) is 15.0 Å². The smallest absolute Gasteiger partial charge is 0.164 e. The Morgan fingerprint density at radius 3 is 1.64 bits per heavy atom. The van der Waals surface area contributed by atoms with Crippen molar-refractivity contribution >= 4 is 11.6 Å². The van der Waals surface area contributed by atoms with E-state index in [1.54, 1.807) is 6.07 Å². The quantitative estimate of drug-likeness (QED) is 0.158. The van der Waals surface area contributed by atoms with E-state index in [4.69, 9.17) is 15.0 Å². The van der Waals surface area contributed by atoms with Crippen LogP contribution in [0.15, 0.2) is 121 Å². The lowest BCUT2D eigenvalue weighted by Gasteiger charge is -2.16. The van der Waals surface area contributed by atoms with Crippen LogP contribution in [0.1, 0.15) is 51.3 Å². The Labute approximate surface area is 263 Å². The molecule has 0 aliphatic heterocycles. The van der Waals surface area contributed by atoms with Crippen LogP contribution in [0.25, 0.3) is 45.3 Å². The summed E-state index contributed by atoms with van der Waals surface area (Å²) in [5.74, 6) is 1.63. The first kappa shape index (κ1) is 29.5. The lowest BCUT2D eigenvalue weighted by Crippen LogP contribution is -2.09. The van der Waals surface area contributed by atoms with Gasteiger partial charge < -0.3 is 0 Å². The number of aromatic nitrogens is 3. The molecule has 0 atom stereocenters. The van der Waals surface area contributed by atoms with Crippen LogP contribution in [0, 0.1) is 6.92 Å². The van der Waals surface area contributed by atoms with E-state index >= 15 is 0 Å². The van der Waals surface area contributed by atoms with Crippen LogP contribution in [-0.2, 0) is 12.8 Å². The Morgan fingerprint density at radius 2 is 1.07 bits per heavy atom. The van der Waals surface area contributed by atoms with Gasteiger partial charge in [-0.05, 0) is 67.5 Å². The molecule has 0 aliphatic rings. The predicted octanol–water partition coefficient (Wildman–Crippen LogP) is 9.04. The Morgan fingerprint density at radius 1 is 0.511 bits per heavy atom. The summed E-state index contributed by atoms with van der Waals surface area (Å²) in [6, 6.07) is 40.1. The molecule has 1 aromatic heterocycles. The maximum Gasteiger partial charge on any atom is 0.164 e. The fourth-order valence-corrected chi connectivity index (χ4v) is 5.78. The van der Waals surface area contributed by atoms with Crippen molar-refractivity contribution in [2.75, 3.05) is 0 Å². The molecule has 0 spiro atoms. The second-order valence-corrected chi connectivity index (χ2v) is 11.2. The molecule has 0 fully saturated rings. The van der Waals surface area contributed by atoms with Crippen molar-refractivity contribution in [2.24, 2.45) is 0 Å². The molecule has 45 heavy (non-hydrogen) atoms. The molecule has 6 rings (SSSR count). The monoisotopic (exact) mass is 587 g/mol. The fraction of sp³-hybridized carbons (Fsp3) is 0.125. The van der Waals surface area contributed by atoms with Crippen LogP contribution in [0.2, 0.25) is 0 Å². The van der Waals surface area contributed by atoms with Crippen LogP contribution >= 0.6 is 0 Å². The second-order valence-electron chi connectivity index (χ2n) is 11.2. The molecule has 0 aliphatic carbocycles. The molecule has 0 saturated heterocycles. The van der Waals surface area contributed by atoms with Crippen LogP contribution in [0.4, 0.5) is 0 Å². The number of aryl methyl sites for hydroxylation is 3. The summed E-state index contributed by atoms with van der Waals surface area (Å²) in [5, 5.41) is 0. The minimum Gasteiger partial charge on any atom is -0.294 e. The molecule has 5 nitrogen and oxygen atoms in total. The Balaban J connectivity index is 1.46.